The fraction of sp³-hybridized carbons (Fsp3) is 0.667. The van der Waals surface area contributed by atoms with E-state index in [-0.39, 0.29) is 12.6 Å². The van der Waals surface area contributed by atoms with E-state index >= 15 is 0 Å². The van der Waals surface area contributed by atoms with Crippen molar-refractivity contribution in [2.24, 2.45) is 0 Å². The number of hydrogen-bond donors (Lipinski definition) is 4. The van der Waals surface area contributed by atoms with E-state index in [0.29, 0.717) is 17.0 Å². The monoisotopic (exact) mass is 351 g/mol. The zero-order chi connectivity index (χ0) is 17.6. The minimum absolute atomic E-state index is 0.00263. The summed E-state index contributed by atoms with van der Waals surface area (Å²) in [5.74, 6) is 0.632. The Bertz CT molecular complexity index is 755. The van der Waals surface area contributed by atoms with Gasteiger partial charge in [0.15, 0.2) is 23.2 Å². The maximum absolute atomic E-state index is 10.2. The summed E-state index contributed by atoms with van der Waals surface area (Å²) in [4.78, 5) is 15.0. The third-order valence-electron chi connectivity index (χ3n) is 4.99. The van der Waals surface area contributed by atoms with Gasteiger partial charge in [-0.3, -0.25) is 4.57 Å². The van der Waals surface area contributed by atoms with Crippen LogP contribution >= 0.6 is 0 Å². The number of imidazole rings is 1. The van der Waals surface area contributed by atoms with Crippen molar-refractivity contribution < 1.29 is 25.2 Å². The van der Waals surface area contributed by atoms with Gasteiger partial charge < -0.3 is 30.1 Å². The summed E-state index contributed by atoms with van der Waals surface area (Å²) in [6.45, 7) is 0.423. The quantitative estimate of drug-likeness (QED) is 0.513. The largest absolute Gasteiger partial charge is 0.394 e. The Labute approximate surface area is 143 Å². The minimum Gasteiger partial charge on any atom is -0.394 e. The minimum atomic E-state index is -1.20. The molecule has 0 saturated carbocycles. The molecule has 10 nitrogen and oxygen atoms in total. The van der Waals surface area contributed by atoms with Crippen LogP contribution in [0.2, 0.25) is 0 Å². The lowest BCUT2D eigenvalue weighted by Crippen LogP contribution is -2.33. The van der Waals surface area contributed by atoms with Gasteiger partial charge in [-0.05, 0) is 12.8 Å². The Kier molecular flexibility index (Phi) is 4.29. The average Bonchev–Trinajstić information content (AvgIpc) is 3.33. The predicted octanol–water partition coefficient (Wildman–Crippen LogP) is -1.60. The van der Waals surface area contributed by atoms with Gasteiger partial charge in [-0.15, -0.1) is 0 Å². The lowest BCUT2D eigenvalue weighted by Gasteiger charge is -2.24. The van der Waals surface area contributed by atoms with Crippen molar-refractivity contribution in [3.8, 4) is 0 Å². The smallest absolute Gasteiger partial charge is 0.167 e. The highest BCUT2D eigenvalue weighted by atomic mass is 16.6. The van der Waals surface area contributed by atoms with Crippen molar-refractivity contribution in [2.75, 3.05) is 24.7 Å². The molecular weight excluding hydrogens is 330 g/mol. The van der Waals surface area contributed by atoms with E-state index in [1.807, 2.05) is 4.90 Å². The lowest BCUT2D eigenvalue weighted by atomic mass is 10.1. The molecule has 5 atom stereocenters. The molecule has 0 radical (unpaired) electrons. The summed E-state index contributed by atoms with van der Waals surface area (Å²) in [6, 6.07) is -0.00263. The number of anilines is 1. The summed E-state index contributed by atoms with van der Waals surface area (Å²) >= 11 is 0. The van der Waals surface area contributed by atoms with Crippen LogP contribution in [0.5, 0.6) is 0 Å². The molecule has 2 saturated heterocycles. The average molecular weight is 351 g/mol. The lowest BCUT2D eigenvalue weighted by molar-refractivity contribution is -0.0511. The van der Waals surface area contributed by atoms with Gasteiger partial charge in [0.1, 0.15) is 24.6 Å². The fourth-order valence-electron chi connectivity index (χ4n) is 3.65. The van der Waals surface area contributed by atoms with Crippen LogP contribution in [0.4, 0.5) is 5.82 Å². The number of aliphatic hydroxyl groups excluding tert-OH is 4. The van der Waals surface area contributed by atoms with Gasteiger partial charge >= 0.3 is 0 Å². The molecule has 0 bridgehead atoms. The van der Waals surface area contributed by atoms with Gasteiger partial charge in [-0.2, -0.15) is 0 Å². The Morgan fingerprint density at radius 3 is 2.68 bits per heavy atom. The van der Waals surface area contributed by atoms with Crippen molar-refractivity contribution in [1.82, 2.24) is 19.5 Å². The zero-order valence-electron chi connectivity index (χ0n) is 13.5. The first kappa shape index (κ1) is 16.6. The van der Waals surface area contributed by atoms with Gasteiger partial charge in [0.05, 0.1) is 25.6 Å². The van der Waals surface area contributed by atoms with Gasteiger partial charge in [-0.25, -0.2) is 15.0 Å². The number of ether oxygens (including phenoxy) is 1. The maximum atomic E-state index is 10.2. The Hall–Kier alpha value is -1.85. The normalized spacial score (nSPS) is 32.8. The standard InChI is InChI=1S/C15H21N5O5/c21-4-8-2-1-3-19(8)13-10-14(17-6-16-13)20(7-18-10)15-12(24)11(23)9(5-22)25-15/h6-9,11-12,15,21-24H,1-5H2/t8-,9-,11?,12+,15-/m1/s1. The van der Waals surface area contributed by atoms with Crippen LogP contribution in [-0.2, 0) is 4.74 Å². The van der Waals surface area contributed by atoms with Crippen LogP contribution in [-0.4, -0.2) is 84.1 Å². The van der Waals surface area contributed by atoms with E-state index in [4.69, 9.17) is 4.74 Å². The van der Waals surface area contributed by atoms with Crippen molar-refractivity contribution in [1.29, 1.82) is 0 Å². The van der Waals surface area contributed by atoms with E-state index < -0.39 is 31.1 Å². The van der Waals surface area contributed by atoms with E-state index in [9.17, 15) is 20.4 Å². The summed E-state index contributed by atoms with van der Waals surface area (Å²) in [5.41, 5.74) is 1.00. The Morgan fingerprint density at radius 2 is 1.96 bits per heavy atom. The second kappa shape index (κ2) is 6.46. The highest BCUT2D eigenvalue weighted by Gasteiger charge is 2.44. The first-order valence-electron chi connectivity index (χ1n) is 8.33. The third kappa shape index (κ3) is 2.57. The highest BCUT2D eigenvalue weighted by Crippen LogP contribution is 2.34. The van der Waals surface area contributed by atoms with Crippen molar-refractivity contribution in [2.45, 2.75) is 43.4 Å². The van der Waals surface area contributed by atoms with Gasteiger partial charge in [0.25, 0.3) is 0 Å². The fourth-order valence-corrected chi connectivity index (χ4v) is 3.65. The first-order chi connectivity index (χ1) is 12.2. The second-order valence-corrected chi connectivity index (χ2v) is 6.42. The molecule has 10 heteroatoms. The number of hydrogen-bond acceptors (Lipinski definition) is 9. The van der Waals surface area contributed by atoms with Gasteiger partial charge in [0, 0.05) is 6.54 Å². The molecule has 0 aliphatic carbocycles. The third-order valence-corrected chi connectivity index (χ3v) is 4.99. The molecule has 0 spiro atoms. The van der Waals surface area contributed by atoms with Crippen LogP contribution in [0.3, 0.4) is 0 Å². The number of nitrogens with zero attached hydrogens (tertiary/aromatic N) is 5. The molecule has 0 aromatic carbocycles. The Morgan fingerprint density at radius 1 is 1.12 bits per heavy atom. The van der Waals surface area contributed by atoms with E-state index in [0.717, 1.165) is 19.4 Å². The van der Waals surface area contributed by atoms with Crippen LogP contribution in [0.25, 0.3) is 11.2 Å². The molecule has 4 heterocycles. The topological polar surface area (TPSA) is 137 Å². The zero-order valence-corrected chi connectivity index (χ0v) is 13.5. The maximum Gasteiger partial charge on any atom is 0.167 e. The van der Waals surface area contributed by atoms with E-state index in [2.05, 4.69) is 15.0 Å². The van der Waals surface area contributed by atoms with Gasteiger partial charge in [-0.1, -0.05) is 0 Å². The van der Waals surface area contributed by atoms with Gasteiger partial charge in [0.2, 0.25) is 0 Å². The first-order valence-corrected chi connectivity index (χ1v) is 8.33. The molecule has 2 aliphatic rings. The summed E-state index contributed by atoms with van der Waals surface area (Å²) in [5, 5.41) is 39.0. The number of fused-ring (bicyclic) bond motifs is 1. The van der Waals surface area contributed by atoms with Crippen LogP contribution in [0, 0.1) is 0 Å². The van der Waals surface area contributed by atoms with Crippen molar-refractivity contribution in [3.63, 3.8) is 0 Å². The molecule has 2 aromatic rings. The van der Waals surface area contributed by atoms with Crippen LogP contribution < -0.4 is 4.90 Å². The molecule has 136 valence electrons. The summed E-state index contributed by atoms with van der Waals surface area (Å²) < 4.78 is 7.09. The molecular formula is C15H21N5O5. The molecule has 1 unspecified atom stereocenters. The number of rotatable bonds is 4. The van der Waals surface area contributed by atoms with E-state index in [1.165, 1.54) is 17.2 Å². The number of aliphatic hydroxyl groups is 4. The molecule has 2 fully saturated rings. The molecule has 4 N–H and O–H groups in total. The molecule has 25 heavy (non-hydrogen) atoms. The highest BCUT2D eigenvalue weighted by molar-refractivity contribution is 5.83. The van der Waals surface area contributed by atoms with Crippen LogP contribution in [0.1, 0.15) is 19.1 Å². The molecule has 0 amide bonds. The molecule has 2 aliphatic heterocycles. The van der Waals surface area contributed by atoms with Crippen molar-refractivity contribution >= 4 is 17.0 Å². The molecule has 4 rings (SSSR count). The van der Waals surface area contributed by atoms with Crippen LogP contribution in [0.15, 0.2) is 12.7 Å². The summed E-state index contributed by atoms with van der Waals surface area (Å²) in [6.07, 6.45) is 0.584. The van der Waals surface area contributed by atoms with E-state index in [1.54, 1.807) is 0 Å². The Balaban J connectivity index is 1.72. The molecule has 2 aromatic heterocycles. The van der Waals surface area contributed by atoms with Crippen molar-refractivity contribution in [3.05, 3.63) is 12.7 Å². The SMILES string of the molecule is OC[C@H]1CCCN1c1ncnc2c1ncn2[C@@H]1O[C@H](CO)C(O)[C@@H]1O. The second-order valence-electron chi connectivity index (χ2n) is 6.42. The number of aromatic nitrogens is 4. The summed E-state index contributed by atoms with van der Waals surface area (Å²) in [7, 11) is 0. The predicted molar refractivity (Wildman–Crippen MR) is 85.8 cm³/mol.